The lowest BCUT2D eigenvalue weighted by molar-refractivity contribution is -0.140. The van der Waals surface area contributed by atoms with E-state index in [1.165, 1.54) is 37.3 Å². The van der Waals surface area contributed by atoms with Crippen LogP contribution in [0.4, 0.5) is 5.69 Å². The number of hydrogen-bond donors (Lipinski definition) is 1. The van der Waals surface area contributed by atoms with E-state index in [9.17, 15) is 18.0 Å². The molecule has 0 saturated heterocycles. The van der Waals surface area contributed by atoms with Crippen LogP contribution in [0.25, 0.3) is 0 Å². The Kier molecular flexibility index (Phi) is 12.7. The molecule has 1 N–H and O–H groups in total. The van der Waals surface area contributed by atoms with Crippen molar-refractivity contribution in [3.63, 3.8) is 0 Å². The molecule has 0 bridgehead atoms. The normalized spacial score (nSPS) is 12.5. The summed E-state index contributed by atoms with van der Waals surface area (Å²) in [5, 5.41) is 3.62. The molecule has 2 amide bonds. The first-order valence-corrected chi connectivity index (χ1v) is 17.6. The molecule has 0 aromatic heterocycles. The van der Waals surface area contributed by atoms with E-state index in [0.717, 1.165) is 9.87 Å². The Morgan fingerprint density at radius 2 is 1.44 bits per heavy atom. The summed E-state index contributed by atoms with van der Waals surface area (Å²) in [6.07, 6.45) is 0.824. The topological polar surface area (TPSA) is 105 Å². The molecule has 0 heterocycles. The number of para-hydroxylation sites is 1. The Bertz CT molecular complexity index is 1790. The number of methoxy groups -OCH3 is 2. The molecule has 2 atom stereocenters. The van der Waals surface area contributed by atoms with E-state index in [-0.39, 0.29) is 35.3 Å². The first-order valence-electron chi connectivity index (χ1n) is 15.4. The molecule has 12 heteroatoms. The van der Waals surface area contributed by atoms with Crippen LogP contribution in [-0.4, -0.2) is 58.0 Å². The van der Waals surface area contributed by atoms with Gasteiger partial charge in [-0.2, -0.15) is 0 Å². The Morgan fingerprint density at radius 3 is 2.02 bits per heavy atom. The van der Waals surface area contributed by atoms with Crippen molar-refractivity contribution in [1.82, 2.24) is 10.2 Å². The number of carbonyl (C=O) groups is 2. The zero-order valence-electron chi connectivity index (χ0n) is 27.2. The molecule has 0 aliphatic heterocycles. The van der Waals surface area contributed by atoms with Crippen molar-refractivity contribution < 1.29 is 27.5 Å². The number of carbonyl (C=O) groups excluding carboxylic acids is 2. The zero-order valence-corrected chi connectivity index (χ0v) is 29.6. The molecule has 4 aromatic rings. The highest BCUT2D eigenvalue weighted by Crippen LogP contribution is 2.33. The molecule has 0 unspecified atom stereocenters. The molecule has 0 saturated carbocycles. The molecule has 0 radical (unpaired) electrons. The van der Waals surface area contributed by atoms with Crippen LogP contribution >= 0.6 is 23.2 Å². The van der Waals surface area contributed by atoms with Crippen molar-refractivity contribution in [3.8, 4) is 11.5 Å². The second kappa shape index (κ2) is 16.7. The molecule has 0 aliphatic carbocycles. The number of rotatable bonds is 15. The number of ether oxygens (including phenoxy) is 2. The number of nitrogens with zero attached hydrogens (tertiary/aromatic N) is 2. The van der Waals surface area contributed by atoms with Gasteiger partial charge in [0, 0.05) is 40.7 Å². The van der Waals surface area contributed by atoms with Gasteiger partial charge in [-0.05, 0) is 55.3 Å². The summed E-state index contributed by atoms with van der Waals surface area (Å²) in [7, 11) is -1.51. The van der Waals surface area contributed by atoms with Crippen LogP contribution in [0.1, 0.15) is 31.4 Å². The molecule has 4 rings (SSSR count). The van der Waals surface area contributed by atoms with Crippen molar-refractivity contribution in [1.29, 1.82) is 0 Å². The number of nitrogens with one attached hydrogen (secondary N) is 1. The van der Waals surface area contributed by atoms with Crippen LogP contribution < -0.4 is 19.1 Å². The second-order valence-corrected chi connectivity index (χ2v) is 13.8. The van der Waals surface area contributed by atoms with Crippen molar-refractivity contribution >= 4 is 50.7 Å². The van der Waals surface area contributed by atoms with Crippen LogP contribution in [0.2, 0.25) is 10.0 Å². The van der Waals surface area contributed by atoms with Gasteiger partial charge in [-0.1, -0.05) is 84.7 Å². The fraction of sp³-hybridized carbons (Fsp3) is 0.278. The summed E-state index contributed by atoms with van der Waals surface area (Å²) in [5.74, 6) is -0.479. The van der Waals surface area contributed by atoms with E-state index >= 15 is 0 Å². The predicted octanol–water partition coefficient (Wildman–Crippen LogP) is 6.76. The summed E-state index contributed by atoms with van der Waals surface area (Å²) in [6.45, 7) is 3.04. The van der Waals surface area contributed by atoms with Crippen LogP contribution in [0.3, 0.4) is 0 Å². The van der Waals surface area contributed by atoms with Gasteiger partial charge in [0.15, 0.2) is 11.5 Å². The minimum absolute atomic E-state index is 0.118. The van der Waals surface area contributed by atoms with Gasteiger partial charge in [0.1, 0.15) is 12.6 Å². The highest BCUT2D eigenvalue weighted by Gasteiger charge is 2.35. The first-order chi connectivity index (χ1) is 23.0. The maximum Gasteiger partial charge on any atom is 0.264 e. The molecule has 0 aliphatic rings. The third kappa shape index (κ3) is 8.80. The third-order valence-electron chi connectivity index (χ3n) is 7.93. The second-order valence-electron chi connectivity index (χ2n) is 11.1. The van der Waals surface area contributed by atoms with Crippen LogP contribution in [0.15, 0.2) is 102 Å². The van der Waals surface area contributed by atoms with Gasteiger partial charge in [-0.3, -0.25) is 13.9 Å². The highest BCUT2D eigenvalue weighted by atomic mass is 35.5. The lowest BCUT2D eigenvalue weighted by atomic mass is 10.0. The molecule has 0 fully saturated rings. The number of anilines is 1. The van der Waals surface area contributed by atoms with E-state index in [1.54, 1.807) is 48.5 Å². The molecular formula is C36H39Cl2N3O6S. The molecule has 0 spiro atoms. The van der Waals surface area contributed by atoms with Gasteiger partial charge in [0.25, 0.3) is 10.0 Å². The summed E-state index contributed by atoms with van der Waals surface area (Å²) in [5.41, 5.74) is 1.49. The van der Waals surface area contributed by atoms with E-state index < -0.39 is 34.4 Å². The van der Waals surface area contributed by atoms with E-state index in [2.05, 4.69) is 5.32 Å². The fourth-order valence-corrected chi connectivity index (χ4v) is 7.02. The summed E-state index contributed by atoms with van der Waals surface area (Å²) in [4.78, 5) is 29.9. The minimum Gasteiger partial charge on any atom is -0.493 e. The average Bonchev–Trinajstić information content (AvgIpc) is 3.09. The summed E-state index contributed by atoms with van der Waals surface area (Å²) in [6, 6.07) is 25.6. The van der Waals surface area contributed by atoms with Crippen molar-refractivity contribution in [3.05, 3.63) is 118 Å². The van der Waals surface area contributed by atoms with Gasteiger partial charge in [0.2, 0.25) is 11.8 Å². The Morgan fingerprint density at radius 1 is 0.833 bits per heavy atom. The van der Waals surface area contributed by atoms with E-state index in [1.807, 2.05) is 44.2 Å². The van der Waals surface area contributed by atoms with Gasteiger partial charge >= 0.3 is 0 Å². The maximum atomic E-state index is 14.7. The van der Waals surface area contributed by atoms with Gasteiger partial charge in [-0.15, -0.1) is 0 Å². The standard InChI is InChI=1S/C36H39Cl2N3O6S/c1-5-25(2)39-36(43)32(21-26-13-8-6-9-14-26)40(23-29-30(37)17-12-18-31(29)38)35(42)24-41(27-15-10-7-11-16-27)48(44,45)28-19-20-33(46-3)34(22-28)47-4/h6-20,22,25,32H,5,21,23-24H2,1-4H3,(H,39,43)/t25-,32+/m1/s1. The lowest BCUT2D eigenvalue weighted by Gasteiger charge is -2.34. The Labute approximate surface area is 292 Å². The number of hydrogen-bond acceptors (Lipinski definition) is 6. The number of amides is 2. The molecule has 9 nitrogen and oxygen atoms in total. The Balaban J connectivity index is 1.84. The van der Waals surface area contributed by atoms with E-state index in [0.29, 0.717) is 27.8 Å². The SMILES string of the molecule is CC[C@@H](C)NC(=O)[C@H](Cc1ccccc1)N(Cc1c(Cl)cccc1Cl)C(=O)CN(c1ccccc1)S(=O)(=O)c1ccc(OC)c(OC)c1. The monoisotopic (exact) mass is 711 g/mol. The van der Waals surface area contributed by atoms with Crippen molar-refractivity contribution in [2.75, 3.05) is 25.1 Å². The van der Waals surface area contributed by atoms with Gasteiger partial charge < -0.3 is 19.7 Å². The maximum absolute atomic E-state index is 14.7. The van der Waals surface area contributed by atoms with Gasteiger partial charge in [0.05, 0.1) is 24.8 Å². The summed E-state index contributed by atoms with van der Waals surface area (Å²) >= 11 is 13.2. The van der Waals surface area contributed by atoms with Crippen LogP contribution in [0.5, 0.6) is 11.5 Å². The predicted molar refractivity (Wildman–Crippen MR) is 189 cm³/mol. The number of sulfonamides is 1. The average molecular weight is 713 g/mol. The van der Waals surface area contributed by atoms with Crippen LogP contribution in [0, 0.1) is 0 Å². The molecule has 254 valence electrons. The smallest absolute Gasteiger partial charge is 0.264 e. The fourth-order valence-electron chi connectivity index (χ4n) is 5.08. The third-order valence-corrected chi connectivity index (χ3v) is 10.4. The minimum atomic E-state index is -4.36. The van der Waals surface area contributed by atoms with E-state index in [4.69, 9.17) is 32.7 Å². The zero-order chi connectivity index (χ0) is 34.8. The van der Waals surface area contributed by atoms with Crippen molar-refractivity contribution in [2.24, 2.45) is 0 Å². The molecule has 48 heavy (non-hydrogen) atoms. The molecule has 4 aromatic carbocycles. The number of benzene rings is 4. The largest absolute Gasteiger partial charge is 0.493 e. The Hall–Kier alpha value is -4.25. The lowest BCUT2D eigenvalue weighted by Crippen LogP contribution is -2.54. The highest BCUT2D eigenvalue weighted by molar-refractivity contribution is 7.92. The van der Waals surface area contributed by atoms with Crippen molar-refractivity contribution in [2.45, 2.75) is 50.2 Å². The van der Waals surface area contributed by atoms with Gasteiger partial charge in [-0.25, -0.2) is 8.42 Å². The van der Waals surface area contributed by atoms with Crippen LogP contribution in [-0.2, 0) is 32.6 Å². The molecular weight excluding hydrogens is 673 g/mol. The quantitative estimate of drug-likeness (QED) is 0.146. The summed E-state index contributed by atoms with van der Waals surface area (Å²) < 4.78 is 40.4. The number of halogens is 2. The first kappa shape index (κ1) is 36.6.